The molecule has 3 rings (SSSR count). The molecule has 0 saturated carbocycles. The Bertz CT molecular complexity index is 1020. The number of hydrogen-bond donors (Lipinski definition) is 1. The van der Waals surface area contributed by atoms with E-state index in [1.165, 1.54) is 25.3 Å². The highest BCUT2D eigenvalue weighted by molar-refractivity contribution is 6.33. The van der Waals surface area contributed by atoms with Crippen LogP contribution in [0.2, 0.25) is 5.02 Å². The number of nitro groups is 1. The molecule has 138 valence electrons. The average Bonchev–Trinajstić information content (AvgIpc) is 3.07. The van der Waals surface area contributed by atoms with Crippen molar-refractivity contribution in [3.63, 3.8) is 0 Å². The number of carbonyl (C=O) groups excluding carboxylic acids is 2. The SMILES string of the molecule is C[C@H](OC(=O)c1cn2ccccc2n1)C(=O)Nc1cc([N+](=O)[O-])ccc1Cl. The van der Waals surface area contributed by atoms with E-state index in [1.807, 2.05) is 0 Å². The van der Waals surface area contributed by atoms with Crippen molar-refractivity contribution >= 4 is 40.5 Å². The highest BCUT2D eigenvalue weighted by Crippen LogP contribution is 2.26. The Balaban J connectivity index is 1.69. The second kappa shape index (κ2) is 7.42. The second-order valence-corrected chi connectivity index (χ2v) is 5.96. The number of halogens is 1. The van der Waals surface area contributed by atoms with Crippen LogP contribution in [0, 0.1) is 10.1 Å². The number of carbonyl (C=O) groups is 2. The fourth-order valence-corrected chi connectivity index (χ4v) is 2.43. The highest BCUT2D eigenvalue weighted by atomic mass is 35.5. The first-order valence-corrected chi connectivity index (χ1v) is 8.12. The third-order valence-corrected chi connectivity index (χ3v) is 3.97. The lowest BCUT2D eigenvalue weighted by Gasteiger charge is -2.13. The number of ether oxygens (including phenoxy) is 1. The molecule has 0 unspecified atom stereocenters. The molecule has 1 N–H and O–H groups in total. The molecular formula is C17H13ClN4O5. The lowest BCUT2D eigenvalue weighted by atomic mass is 10.2. The van der Waals surface area contributed by atoms with Crippen molar-refractivity contribution in [2.75, 3.05) is 5.32 Å². The number of nitro benzene ring substituents is 1. The zero-order valence-corrected chi connectivity index (χ0v) is 14.7. The van der Waals surface area contributed by atoms with Crippen molar-refractivity contribution in [3.05, 3.63) is 69.6 Å². The molecule has 27 heavy (non-hydrogen) atoms. The number of benzene rings is 1. The maximum atomic E-state index is 12.2. The third-order valence-electron chi connectivity index (χ3n) is 3.64. The smallest absolute Gasteiger partial charge is 0.359 e. The van der Waals surface area contributed by atoms with Crippen LogP contribution in [0.4, 0.5) is 11.4 Å². The van der Waals surface area contributed by atoms with Crippen LogP contribution in [0.5, 0.6) is 0 Å². The number of fused-ring (bicyclic) bond motifs is 1. The molecule has 0 fully saturated rings. The van der Waals surface area contributed by atoms with E-state index in [-0.39, 0.29) is 22.1 Å². The minimum atomic E-state index is -1.17. The third kappa shape index (κ3) is 4.04. The number of anilines is 1. The molecule has 0 radical (unpaired) electrons. The molecule has 1 aromatic carbocycles. The van der Waals surface area contributed by atoms with Gasteiger partial charge in [-0.15, -0.1) is 0 Å². The number of imidazole rings is 1. The molecule has 0 aliphatic heterocycles. The van der Waals surface area contributed by atoms with Crippen molar-refractivity contribution < 1.29 is 19.2 Å². The second-order valence-electron chi connectivity index (χ2n) is 5.55. The van der Waals surface area contributed by atoms with Gasteiger partial charge in [-0.3, -0.25) is 14.9 Å². The van der Waals surface area contributed by atoms with Gasteiger partial charge in [-0.25, -0.2) is 9.78 Å². The van der Waals surface area contributed by atoms with Crippen molar-refractivity contribution in [1.29, 1.82) is 0 Å². The van der Waals surface area contributed by atoms with E-state index in [0.717, 1.165) is 6.07 Å². The minimum absolute atomic E-state index is 0.0477. The molecule has 9 nitrogen and oxygen atoms in total. The van der Waals surface area contributed by atoms with Gasteiger partial charge in [0.2, 0.25) is 0 Å². The van der Waals surface area contributed by atoms with Crippen LogP contribution in [-0.4, -0.2) is 32.3 Å². The van der Waals surface area contributed by atoms with E-state index in [4.69, 9.17) is 16.3 Å². The molecule has 0 aliphatic rings. The fraction of sp³-hybridized carbons (Fsp3) is 0.118. The summed E-state index contributed by atoms with van der Waals surface area (Å²) in [6, 6.07) is 8.90. The predicted molar refractivity (Wildman–Crippen MR) is 96.8 cm³/mol. The molecule has 0 bridgehead atoms. The van der Waals surface area contributed by atoms with Gasteiger partial charge in [-0.2, -0.15) is 0 Å². The number of hydrogen-bond acceptors (Lipinski definition) is 6. The monoisotopic (exact) mass is 388 g/mol. The zero-order chi connectivity index (χ0) is 19.6. The number of rotatable bonds is 5. The van der Waals surface area contributed by atoms with Gasteiger partial charge < -0.3 is 14.5 Å². The first-order valence-electron chi connectivity index (χ1n) is 7.74. The summed E-state index contributed by atoms with van der Waals surface area (Å²) < 4.78 is 6.76. The van der Waals surface area contributed by atoms with Gasteiger partial charge in [0, 0.05) is 24.5 Å². The molecule has 1 atom stereocenters. The Kier molecular flexibility index (Phi) is 5.04. The van der Waals surface area contributed by atoms with Gasteiger partial charge in [-0.1, -0.05) is 17.7 Å². The number of nitrogens with one attached hydrogen (secondary N) is 1. The molecule has 0 spiro atoms. The van der Waals surface area contributed by atoms with E-state index < -0.39 is 22.9 Å². The van der Waals surface area contributed by atoms with Gasteiger partial charge in [-0.05, 0) is 25.1 Å². The molecule has 10 heteroatoms. The largest absolute Gasteiger partial charge is 0.448 e. The Morgan fingerprint density at radius 2 is 2.11 bits per heavy atom. The first kappa shape index (κ1) is 18.3. The summed E-state index contributed by atoms with van der Waals surface area (Å²) in [5.41, 5.74) is 0.426. The molecule has 1 amide bonds. The van der Waals surface area contributed by atoms with Gasteiger partial charge >= 0.3 is 5.97 Å². The summed E-state index contributed by atoms with van der Waals surface area (Å²) in [6.07, 6.45) is 2.04. The number of nitrogens with zero attached hydrogens (tertiary/aromatic N) is 3. The summed E-state index contributed by atoms with van der Waals surface area (Å²) >= 11 is 5.94. The number of esters is 1. The quantitative estimate of drug-likeness (QED) is 0.408. The van der Waals surface area contributed by atoms with E-state index in [9.17, 15) is 19.7 Å². The lowest BCUT2D eigenvalue weighted by molar-refractivity contribution is -0.384. The fourth-order valence-electron chi connectivity index (χ4n) is 2.26. The van der Waals surface area contributed by atoms with E-state index in [0.29, 0.717) is 5.65 Å². The van der Waals surface area contributed by atoms with E-state index in [2.05, 4.69) is 10.3 Å². The van der Waals surface area contributed by atoms with Gasteiger partial charge in [0.1, 0.15) is 5.65 Å². The molecule has 0 saturated heterocycles. The molecule has 0 aliphatic carbocycles. The predicted octanol–water partition coefficient (Wildman–Crippen LogP) is 3.08. The molecule has 3 aromatic rings. The first-order chi connectivity index (χ1) is 12.8. The summed E-state index contributed by atoms with van der Waals surface area (Å²) in [7, 11) is 0. The topological polar surface area (TPSA) is 116 Å². The number of amides is 1. The highest BCUT2D eigenvalue weighted by Gasteiger charge is 2.22. The maximum absolute atomic E-state index is 12.2. The maximum Gasteiger partial charge on any atom is 0.359 e. The van der Waals surface area contributed by atoms with Crippen LogP contribution in [0.25, 0.3) is 5.65 Å². The lowest BCUT2D eigenvalue weighted by Crippen LogP contribution is -2.30. The van der Waals surface area contributed by atoms with Crippen LogP contribution in [0.3, 0.4) is 0 Å². The number of pyridine rings is 1. The summed E-state index contributed by atoms with van der Waals surface area (Å²) in [4.78, 5) is 38.8. The van der Waals surface area contributed by atoms with Gasteiger partial charge in [0.05, 0.1) is 15.6 Å². The molecule has 2 heterocycles. The van der Waals surface area contributed by atoms with Crippen LogP contribution < -0.4 is 5.32 Å². The van der Waals surface area contributed by atoms with Crippen LogP contribution in [0.1, 0.15) is 17.4 Å². The Morgan fingerprint density at radius 3 is 2.81 bits per heavy atom. The summed E-state index contributed by atoms with van der Waals surface area (Å²) in [5, 5.41) is 13.4. The number of aromatic nitrogens is 2. The van der Waals surface area contributed by atoms with Crippen molar-refractivity contribution in [2.24, 2.45) is 0 Å². The summed E-state index contributed by atoms with van der Waals surface area (Å²) in [5.74, 6) is -1.46. The Hall–Kier alpha value is -3.46. The standard InChI is InChI=1S/C17H13ClN4O5/c1-10(16(23)20-13-8-11(22(25)26)5-6-12(13)18)27-17(24)14-9-21-7-3-2-4-15(21)19-14/h2-10H,1H3,(H,20,23)/t10-/m0/s1. The van der Waals surface area contributed by atoms with Crippen LogP contribution in [-0.2, 0) is 9.53 Å². The zero-order valence-electron chi connectivity index (χ0n) is 14.0. The summed E-state index contributed by atoms with van der Waals surface area (Å²) in [6.45, 7) is 1.37. The van der Waals surface area contributed by atoms with E-state index >= 15 is 0 Å². The average molecular weight is 389 g/mol. The minimum Gasteiger partial charge on any atom is -0.448 e. The Morgan fingerprint density at radius 1 is 1.33 bits per heavy atom. The Labute approximate surface area is 157 Å². The van der Waals surface area contributed by atoms with Crippen molar-refractivity contribution in [1.82, 2.24) is 9.38 Å². The van der Waals surface area contributed by atoms with Crippen molar-refractivity contribution in [2.45, 2.75) is 13.0 Å². The number of non-ortho nitro benzene ring substituents is 1. The van der Waals surface area contributed by atoms with Crippen LogP contribution in [0.15, 0.2) is 48.8 Å². The van der Waals surface area contributed by atoms with Gasteiger partial charge in [0.25, 0.3) is 11.6 Å². The molecule has 2 aromatic heterocycles. The molecular weight excluding hydrogens is 376 g/mol. The normalized spacial score (nSPS) is 11.8. The van der Waals surface area contributed by atoms with Crippen molar-refractivity contribution in [3.8, 4) is 0 Å². The van der Waals surface area contributed by atoms with Crippen LogP contribution >= 0.6 is 11.6 Å². The van der Waals surface area contributed by atoms with Gasteiger partial charge in [0.15, 0.2) is 11.8 Å². The van der Waals surface area contributed by atoms with E-state index in [1.54, 1.807) is 28.8 Å².